The fourth-order valence-corrected chi connectivity index (χ4v) is 4.99. The number of halogens is 1. The lowest BCUT2D eigenvalue weighted by atomic mass is 10.0. The van der Waals surface area contributed by atoms with Crippen molar-refractivity contribution in [2.24, 2.45) is 0 Å². The van der Waals surface area contributed by atoms with Crippen LogP contribution in [0.3, 0.4) is 0 Å². The first kappa shape index (κ1) is 23.0. The Bertz CT molecular complexity index is 1100. The van der Waals surface area contributed by atoms with Gasteiger partial charge in [0.05, 0.1) is 19.2 Å². The zero-order chi connectivity index (χ0) is 23.2. The molecule has 2 aromatic carbocycles. The quantitative estimate of drug-likeness (QED) is 0.492. The van der Waals surface area contributed by atoms with Crippen molar-refractivity contribution in [2.45, 2.75) is 44.2 Å². The summed E-state index contributed by atoms with van der Waals surface area (Å²) in [7, 11) is 1.54. The van der Waals surface area contributed by atoms with Crippen LogP contribution in [-0.2, 0) is 16.0 Å². The topological polar surface area (TPSA) is 58.6 Å². The molecule has 7 heteroatoms. The number of benzene rings is 2. The summed E-state index contributed by atoms with van der Waals surface area (Å²) in [5, 5.41) is 5.00. The lowest BCUT2D eigenvalue weighted by molar-refractivity contribution is -0.127. The third kappa shape index (κ3) is 5.42. The number of nitrogens with zero attached hydrogens (tertiary/aromatic N) is 1. The van der Waals surface area contributed by atoms with E-state index in [1.807, 2.05) is 17.5 Å². The van der Waals surface area contributed by atoms with Gasteiger partial charge in [-0.25, -0.2) is 4.39 Å². The van der Waals surface area contributed by atoms with Crippen molar-refractivity contribution >= 4 is 28.8 Å². The largest absolute Gasteiger partial charge is 0.497 e. The van der Waals surface area contributed by atoms with Crippen LogP contribution >= 0.6 is 11.3 Å². The number of amides is 2. The Morgan fingerprint density at radius 3 is 2.61 bits per heavy atom. The molecule has 0 radical (unpaired) electrons. The van der Waals surface area contributed by atoms with E-state index in [9.17, 15) is 9.59 Å². The molecule has 1 atom stereocenters. The minimum Gasteiger partial charge on any atom is -0.497 e. The number of para-hydroxylation sites is 1. The first-order chi connectivity index (χ1) is 16.1. The summed E-state index contributed by atoms with van der Waals surface area (Å²) in [6, 6.07) is 15.9. The summed E-state index contributed by atoms with van der Waals surface area (Å²) >= 11 is 1.45. The van der Waals surface area contributed by atoms with Gasteiger partial charge in [-0.3, -0.25) is 14.5 Å². The second-order valence-electron chi connectivity index (χ2n) is 8.14. The zero-order valence-corrected chi connectivity index (χ0v) is 19.3. The number of ether oxygens (including phenoxy) is 1. The highest BCUT2D eigenvalue weighted by Crippen LogP contribution is 2.33. The minimum absolute atomic E-state index is 0.0560. The number of hydrogen-bond acceptors (Lipinski definition) is 4. The third-order valence-electron chi connectivity index (χ3n) is 5.90. The molecule has 1 heterocycles. The van der Waals surface area contributed by atoms with Gasteiger partial charge in [0.2, 0.25) is 11.8 Å². The molecule has 172 valence electrons. The van der Waals surface area contributed by atoms with Crippen LogP contribution in [0.25, 0.3) is 0 Å². The first-order valence-corrected chi connectivity index (χ1v) is 12.0. The van der Waals surface area contributed by atoms with E-state index >= 15 is 4.39 Å². The number of carbonyl (C=O) groups excluding carboxylic acids is 2. The van der Waals surface area contributed by atoms with E-state index in [2.05, 4.69) is 5.32 Å². The van der Waals surface area contributed by atoms with Crippen molar-refractivity contribution in [3.8, 4) is 5.75 Å². The second kappa shape index (κ2) is 10.6. The van der Waals surface area contributed by atoms with Gasteiger partial charge in [0.25, 0.3) is 0 Å². The Morgan fingerprint density at radius 1 is 1.12 bits per heavy atom. The molecule has 0 spiro atoms. The molecule has 1 saturated carbocycles. The maximum atomic E-state index is 15.0. The number of rotatable bonds is 8. The van der Waals surface area contributed by atoms with Gasteiger partial charge in [0, 0.05) is 10.9 Å². The maximum absolute atomic E-state index is 15.0. The molecule has 4 rings (SSSR count). The van der Waals surface area contributed by atoms with Crippen LogP contribution in [0, 0.1) is 5.82 Å². The van der Waals surface area contributed by atoms with E-state index in [1.54, 1.807) is 43.5 Å². The molecule has 33 heavy (non-hydrogen) atoms. The molecular formula is C26H27FN2O3S. The standard InChI is InChI=1S/C26H27FN2O3S/c1-32-20-11-6-8-18(16-20)25(26(31)28-19-9-2-3-10-19)29(23-14-5-4-13-22(23)27)24(30)17-21-12-7-15-33-21/h4-8,11-16,19,25H,2-3,9-10,17H2,1H3,(H,28,31)/t25-/m1/s1. The lowest BCUT2D eigenvalue weighted by Crippen LogP contribution is -2.47. The van der Waals surface area contributed by atoms with Gasteiger partial charge in [-0.15, -0.1) is 11.3 Å². The van der Waals surface area contributed by atoms with Gasteiger partial charge in [-0.1, -0.05) is 43.2 Å². The van der Waals surface area contributed by atoms with Crippen molar-refractivity contribution in [1.82, 2.24) is 5.32 Å². The van der Waals surface area contributed by atoms with Gasteiger partial charge in [0.15, 0.2) is 0 Å². The summed E-state index contributed by atoms with van der Waals surface area (Å²) in [5.74, 6) is -0.668. The molecule has 1 N–H and O–H groups in total. The van der Waals surface area contributed by atoms with Crippen LogP contribution in [0.1, 0.15) is 42.2 Å². The van der Waals surface area contributed by atoms with Gasteiger partial charge < -0.3 is 10.1 Å². The van der Waals surface area contributed by atoms with E-state index < -0.39 is 11.9 Å². The van der Waals surface area contributed by atoms with E-state index in [1.165, 1.54) is 28.4 Å². The summed E-state index contributed by atoms with van der Waals surface area (Å²) in [4.78, 5) is 29.4. The van der Waals surface area contributed by atoms with E-state index in [-0.39, 0.29) is 30.0 Å². The number of hydrogen-bond donors (Lipinski definition) is 1. The third-order valence-corrected chi connectivity index (χ3v) is 6.78. The molecule has 1 fully saturated rings. The molecule has 1 aliphatic rings. The van der Waals surface area contributed by atoms with E-state index in [4.69, 9.17) is 4.74 Å². The Balaban J connectivity index is 1.79. The molecule has 2 amide bonds. The van der Waals surface area contributed by atoms with Crippen molar-refractivity contribution < 1.29 is 18.7 Å². The molecule has 1 aromatic heterocycles. The molecule has 3 aromatic rings. The molecule has 5 nitrogen and oxygen atoms in total. The van der Waals surface area contributed by atoms with Crippen LogP contribution in [-0.4, -0.2) is 25.0 Å². The highest BCUT2D eigenvalue weighted by Gasteiger charge is 2.35. The van der Waals surface area contributed by atoms with Gasteiger partial charge >= 0.3 is 0 Å². The maximum Gasteiger partial charge on any atom is 0.248 e. The molecule has 0 saturated heterocycles. The SMILES string of the molecule is COc1cccc([C@H](C(=O)NC2CCCC2)N(C(=O)Cc2cccs2)c2ccccc2F)c1. The van der Waals surface area contributed by atoms with E-state index in [0.717, 1.165) is 30.6 Å². The zero-order valence-electron chi connectivity index (χ0n) is 18.5. The van der Waals surface area contributed by atoms with E-state index in [0.29, 0.717) is 11.3 Å². The van der Waals surface area contributed by atoms with Gasteiger partial charge in [-0.2, -0.15) is 0 Å². The van der Waals surface area contributed by atoms with Crippen molar-refractivity contribution in [1.29, 1.82) is 0 Å². The van der Waals surface area contributed by atoms with Gasteiger partial charge in [0.1, 0.15) is 17.6 Å². The average Bonchev–Trinajstić information content (AvgIpc) is 3.52. The van der Waals surface area contributed by atoms with Crippen molar-refractivity contribution in [3.05, 3.63) is 82.3 Å². The molecular weight excluding hydrogens is 439 g/mol. The van der Waals surface area contributed by atoms with Crippen LogP contribution in [0.15, 0.2) is 66.0 Å². The van der Waals surface area contributed by atoms with Crippen LogP contribution < -0.4 is 15.0 Å². The van der Waals surface area contributed by atoms with Crippen molar-refractivity contribution in [2.75, 3.05) is 12.0 Å². The Morgan fingerprint density at radius 2 is 1.91 bits per heavy atom. The average molecular weight is 467 g/mol. The fourth-order valence-electron chi connectivity index (χ4n) is 4.29. The second-order valence-corrected chi connectivity index (χ2v) is 9.17. The van der Waals surface area contributed by atoms with Crippen LogP contribution in [0.2, 0.25) is 0 Å². The number of carbonyl (C=O) groups is 2. The number of anilines is 1. The fraction of sp³-hybridized carbons (Fsp3) is 0.308. The lowest BCUT2D eigenvalue weighted by Gasteiger charge is -2.32. The predicted molar refractivity (Wildman–Crippen MR) is 128 cm³/mol. The van der Waals surface area contributed by atoms with Crippen LogP contribution in [0.4, 0.5) is 10.1 Å². The molecule has 0 aliphatic heterocycles. The Hall–Kier alpha value is -3.19. The summed E-state index contributed by atoms with van der Waals surface area (Å²) in [6.45, 7) is 0. The Kier molecular flexibility index (Phi) is 7.40. The van der Waals surface area contributed by atoms with Gasteiger partial charge in [-0.05, 0) is 54.1 Å². The number of methoxy groups -OCH3 is 1. The Labute approximate surface area is 197 Å². The number of nitrogens with one attached hydrogen (secondary N) is 1. The predicted octanol–water partition coefficient (Wildman–Crippen LogP) is 5.27. The smallest absolute Gasteiger partial charge is 0.248 e. The minimum atomic E-state index is -1.04. The molecule has 1 aliphatic carbocycles. The monoisotopic (exact) mass is 466 g/mol. The summed E-state index contributed by atoms with van der Waals surface area (Å²) in [6.07, 6.45) is 3.99. The molecule has 0 bridgehead atoms. The normalized spacial score (nSPS) is 14.6. The van der Waals surface area contributed by atoms with Crippen molar-refractivity contribution in [3.63, 3.8) is 0 Å². The van der Waals surface area contributed by atoms with Crippen LogP contribution in [0.5, 0.6) is 5.75 Å². The highest BCUT2D eigenvalue weighted by atomic mass is 32.1. The highest BCUT2D eigenvalue weighted by molar-refractivity contribution is 7.10. The summed E-state index contributed by atoms with van der Waals surface area (Å²) in [5.41, 5.74) is 0.640. The number of thiophene rings is 1. The first-order valence-electron chi connectivity index (χ1n) is 11.1. The summed E-state index contributed by atoms with van der Waals surface area (Å²) < 4.78 is 20.4. The molecule has 0 unspecified atom stereocenters.